The van der Waals surface area contributed by atoms with E-state index in [4.69, 9.17) is 0 Å². The van der Waals surface area contributed by atoms with Crippen LogP contribution in [0.2, 0.25) is 0 Å². The summed E-state index contributed by atoms with van der Waals surface area (Å²) in [6.07, 6.45) is 0.519. The highest BCUT2D eigenvalue weighted by Crippen LogP contribution is 2.18. The number of imide groups is 1. The molecule has 1 saturated heterocycles. The lowest BCUT2D eigenvalue weighted by Crippen LogP contribution is -2.47. The molecule has 1 N–H and O–H groups in total. The second-order valence-electron chi connectivity index (χ2n) is 2.02. The molecule has 0 radical (unpaired) electrons. The van der Waals surface area contributed by atoms with Crippen LogP contribution in [0.3, 0.4) is 0 Å². The summed E-state index contributed by atoms with van der Waals surface area (Å²) in [5.41, 5.74) is 0. The lowest BCUT2D eigenvalue weighted by Gasteiger charge is -2.19. The highest BCUT2D eigenvalue weighted by molar-refractivity contribution is 9.10. The minimum absolute atomic E-state index is 0.241. The molecule has 0 aromatic carbocycles. The minimum Gasteiger partial charge on any atom is -0.294 e. The van der Waals surface area contributed by atoms with Gasteiger partial charge < -0.3 is 0 Å². The maximum Gasteiger partial charge on any atom is 0.240 e. The molecule has 0 saturated carbocycles. The minimum atomic E-state index is -0.249. The lowest BCUT2D eigenvalue weighted by molar-refractivity contribution is -0.131. The van der Waals surface area contributed by atoms with Gasteiger partial charge in [0.15, 0.2) is 0 Å². The Morgan fingerprint density at radius 1 is 1.20 bits per heavy atom. The Balaban J connectivity index is 2.63. The Hall–Kier alpha value is 0.1000. The molecular formula is C5H5Br2NO2. The molecule has 1 aliphatic heterocycles. The molecule has 0 aromatic rings. The van der Waals surface area contributed by atoms with Crippen molar-refractivity contribution in [3.8, 4) is 0 Å². The van der Waals surface area contributed by atoms with Crippen LogP contribution in [0.25, 0.3) is 0 Å². The van der Waals surface area contributed by atoms with Crippen molar-refractivity contribution in [2.75, 3.05) is 0 Å². The molecule has 2 unspecified atom stereocenters. The summed E-state index contributed by atoms with van der Waals surface area (Å²) in [7, 11) is 0. The van der Waals surface area contributed by atoms with Crippen LogP contribution in [0.15, 0.2) is 0 Å². The summed E-state index contributed by atoms with van der Waals surface area (Å²) in [6, 6.07) is 0. The molecule has 5 heteroatoms. The standard InChI is InChI=1S/C5H5Br2NO2/c6-2-1-3(7)5(10)8-4(2)9/h2-3H,1H2,(H,8,9,10). The summed E-state index contributed by atoms with van der Waals surface area (Å²) in [5, 5.41) is 2.21. The van der Waals surface area contributed by atoms with Crippen LogP contribution in [-0.4, -0.2) is 21.5 Å². The van der Waals surface area contributed by atoms with Crippen LogP contribution in [0.4, 0.5) is 0 Å². The van der Waals surface area contributed by atoms with Crippen molar-refractivity contribution < 1.29 is 9.59 Å². The molecule has 0 bridgehead atoms. The lowest BCUT2D eigenvalue weighted by atomic mass is 10.1. The van der Waals surface area contributed by atoms with Crippen molar-refractivity contribution in [1.29, 1.82) is 0 Å². The summed E-state index contributed by atoms with van der Waals surface area (Å²) in [6.45, 7) is 0. The summed E-state index contributed by atoms with van der Waals surface area (Å²) in [4.78, 5) is 21.0. The van der Waals surface area contributed by atoms with Gasteiger partial charge in [-0.15, -0.1) is 0 Å². The number of alkyl halides is 2. The Morgan fingerprint density at radius 3 is 1.90 bits per heavy atom. The zero-order valence-corrected chi connectivity index (χ0v) is 8.11. The molecule has 1 aliphatic rings. The molecule has 1 rings (SSSR count). The van der Waals surface area contributed by atoms with E-state index in [9.17, 15) is 9.59 Å². The average Bonchev–Trinajstić information content (AvgIpc) is 1.84. The smallest absolute Gasteiger partial charge is 0.240 e. The van der Waals surface area contributed by atoms with Gasteiger partial charge in [0, 0.05) is 0 Å². The van der Waals surface area contributed by atoms with E-state index in [1.807, 2.05) is 0 Å². The van der Waals surface area contributed by atoms with E-state index in [0.29, 0.717) is 6.42 Å². The molecule has 1 fully saturated rings. The summed E-state index contributed by atoms with van der Waals surface area (Å²) in [5.74, 6) is -0.499. The van der Waals surface area contributed by atoms with E-state index in [-0.39, 0.29) is 21.5 Å². The van der Waals surface area contributed by atoms with Gasteiger partial charge in [-0.05, 0) is 6.42 Å². The van der Waals surface area contributed by atoms with Gasteiger partial charge in [-0.2, -0.15) is 0 Å². The molecule has 1 heterocycles. The molecule has 0 spiro atoms. The third-order valence-electron chi connectivity index (χ3n) is 1.23. The largest absolute Gasteiger partial charge is 0.294 e. The number of carbonyl (C=O) groups excluding carboxylic acids is 2. The molecule has 10 heavy (non-hydrogen) atoms. The van der Waals surface area contributed by atoms with E-state index < -0.39 is 0 Å². The monoisotopic (exact) mass is 269 g/mol. The average molecular weight is 271 g/mol. The molecular weight excluding hydrogens is 266 g/mol. The number of halogens is 2. The van der Waals surface area contributed by atoms with Crippen LogP contribution >= 0.6 is 31.9 Å². The fourth-order valence-electron chi connectivity index (χ4n) is 0.674. The van der Waals surface area contributed by atoms with Gasteiger partial charge in [-0.3, -0.25) is 14.9 Å². The number of hydrogen-bond acceptors (Lipinski definition) is 2. The number of hydrogen-bond donors (Lipinski definition) is 1. The normalized spacial score (nSPS) is 33.8. The van der Waals surface area contributed by atoms with Gasteiger partial charge in [0.2, 0.25) is 11.8 Å². The van der Waals surface area contributed by atoms with Crippen molar-refractivity contribution in [2.45, 2.75) is 16.1 Å². The van der Waals surface area contributed by atoms with Gasteiger partial charge >= 0.3 is 0 Å². The highest BCUT2D eigenvalue weighted by atomic mass is 79.9. The second-order valence-corrected chi connectivity index (χ2v) is 4.23. The van der Waals surface area contributed by atoms with Crippen molar-refractivity contribution in [1.82, 2.24) is 5.32 Å². The number of amides is 2. The Morgan fingerprint density at radius 2 is 1.60 bits per heavy atom. The topological polar surface area (TPSA) is 46.2 Å². The summed E-state index contributed by atoms with van der Waals surface area (Å²) < 4.78 is 0. The molecule has 2 atom stereocenters. The molecule has 0 aliphatic carbocycles. The van der Waals surface area contributed by atoms with Gasteiger partial charge in [-0.25, -0.2) is 0 Å². The fourth-order valence-corrected chi connectivity index (χ4v) is 2.15. The van der Waals surface area contributed by atoms with Crippen molar-refractivity contribution in [3.05, 3.63) is 0 Å². The van der Waals surface area contributed by atoms with E-state index in [1.54, 1.807) is 0 Å². The third-order valence-corrected chi connectivity index (χ3v) is 2.81. The maximum absolute atomic E-state index is 10.8. The molecule has 56 valence electrons. The van der Waals surface area contributed by atoms with Gasteiger partial charge in [0.05, 0.1) is 9.65 Å². The predicted molar refractivity (Wildman–Crippen MR) is 43.2 cm³/mol. The Kier molecular flexibility index (Phi) is 2.46. The number of rotatable bonds is 0. The Labute approximate surface area is 74.8 Å². The first-order valence-corrected chi connectivity index (χ1v) is 4.57. The van der Waals surface area contributed by atoms with E-state index >= 15 is 0 Å². The zero-order chi connectivity index (χ0) is 7.72. The number of piperidine rings is 1. The number of nitrogens with one attached hydrogen (secondary N) is 1. The first kappa shape index (κ1) is 8.20. The molecule has 3 nitrogen and oxygen atoms in total. The van der Waals surface area contributed by atoms with Crippen molar-refractivity contribution in [3.63, 3.8) is 0 Å². The van der Waals surface area contributed by atoms with Crippen LogP contribution in [0.1, 0.15) is 6.42 Å². The molecule has 2 amide bonds. The zero-order valence-electron chi connectivity index (χ0n) is 4.93. The quantitative estimate of drug-likeness (QED) is 0.517. The maximum atomic E-state index is 10.8. The number of carbonyl (C=O) groups is 2. The van der Waals surface area contributed by atoms with Gasteiger partial charge in [-0.1, -0.05) is 31.9 Å². The van der Waals surface area contributed by atoms with Gasteiger partial charge in [0.1, 0.15) is 0 Å². The van der Waals surface area contributed by atoms with Crippen molar-refractivity contribution in [2.24, 2.45) is 0 Å². The van der Waals surface area contributed by atoms with E-state index in [0.717, 1.165) is 0 Å². The molecule has 0 aromatic heterocycles. The fraction of sp³-hybridized carbons (Fsp3) is 0.600. The van der Waals surface area contributed by atoms with Crippen molar-refractivity contribution >= 4 is 43.7 Å². The van der Waals surface area contributed by atoms with Crippen LogP contribution < -0.4 is 5.32 Å². The third kappa shape index (κ3) is 1.58. The Bertz CT molecular complexity index is 164. The first-order chi connectivity index (χ1) is 4.61. The van der Waals surface area contributed by atoms with Crippen LogP contribution in [-0.2, 0) is 9.59 Å². The second kappa shape index (κ2) is 3.00. The van der Waals surface area contributed by atoms with Gasteiger partial charge in [0.25, 0.3) is 0 Å². The first-order valence-electron chi connectivity index (χ1n) is 2.74. The SMILES string of the molecule is O=C1NC(=O)C(Br)CC1Br. The predicted octanol–water partition coefficient (Wildman–Crippen LogP) is 0.560. The highest BCUT2D eigenvalue weighted by Gasteiger charge is 2.30. The van der Waals surface area contributed by atoms with Crippen LogP contribution in [0.5, 0.6) is 0 Å². The summed E-state index contributed by atoms with van der Waals surface area (Å²) >= 11 is 6.25. The van der Waals surface area contributed by atoms with E-state index in [1.165, 1.54) is 0 Å². The van der Waals surface area contributed by atoms with Crippen LogP contribution in [0, 0.1) is 0 Å². The van der Waals surface area contributed by atoms with E-state index in [2.05, 4.69) is 37.2 Å².